The number of nitrogens with zero attached hydrogens (tertiary/aromatic N) is 3. The van der Waals surface area contributed by atoms with E-state index in [-0.39, 0.29) is 11.8 Å². The van der Waals surface area contributed by atoms with Gasteiger partial charge in [-0.05, 0) is 25.0 Å². The summed E-state index contributed by atoms with van der Waals surface area (Å²) >= 11 is 5.69. The molecule has 6 nitrogen and oxygen atoms in total. The van der Waals surface area contributed by atoms with E-state index in [2.05, 4.69) is 25.4 Å². The molecule has 0 aliphatic carbocycles. The lowest BCUT2D eigenvalue weighted by atomic mass is 9.96. The quantitative estimate of drug-likeness (QED) is 0.831. The number of hydrogen-bond acceptors (Lipinski definition) is 5. The van der Waals surface area contributed by atoms with E-state index in [1.807, 2.05) is 6.07 Å². The zero-order valence-corrected chi connectivity index (χ0v) is 10.9. The number of piperidine rings is 1. The molecular formula is C11H15ClN4O2. The Labute approximate surface area is 110 Å². The number of hydroxylamine groups is 1. The Morgan fingerprint density at radius 3 is 2.72 bits per heavy atom. The molecule has 98 valence electrons. The van der Waals surface area contributed by atoms with E-state index in [1.54, 1.807) is 6.07 Å². The Bertz CT molecular complexity index is 404. The van der Waals surface area contributed by atoms with Crippen LogP contribution in [0.3, 0.4) is 0 Å². The first kappa shape index (κ1) is 13.0. The van der Waals surface area contributed by atoms with Crippen molar-refractivity contribution in [2.24, 2.45) is 5.92 Å². The van der Waals surface area contributed by atoms with E-state index >= 15 is 0 Å². The molecule has 1 aromatic heterocycles. The van der Waals surface area contributed by atoms with Gasteiger partial charge in [0.25, 0.3) is 0 Å². The van der Waals surface area contributed by atoms with Crippen LogP contribution in [0.1, 0.15) is 12.8 Å². The van der Waals surface area contributed by atoms with Gasteiger partial charge in [-0.2, -0.15) is 0 Å². The van der Waals surface area contributed by atoms with Crippen LogP contribution < -0.4 is 10.4 Å². The van der Waals surface area contributed by atoms with Crippen molar-refractivity contribution in [3.8, 4) is 0 Å². The smallest absolute Gasteiger partial charge is 0.246 e. The molecular weight excluding hydrogens is 256 g/mol. The number of anilines is 1. The molecule has 1 aliphatic heterocycles. The highest BCUT2D eigenvalue weighted by Crippen LogP contribution is 2.21. The number of amides is 1. The average molecular weight is 271 g/mol. The number of rotatable bonds is 3. The summed E-state index contributed by atoms with van der Waals surface area (Å²) in [6.45, 7) is 1.55. The minimum atomic E-state index is -0.0562. The standard InChI is InChI=1S/C11H15ClN4O2/c1-18-15-11(17)8-4-6-16(7-5-8)10-3-2-9(12)13-14-10/h2-3,8H,4-7H2,1H3,(H,15,17). The van der Waals surface area contributed by atoms with Gasteiger partial charge in [-0.1, -0.05) is 11.6 Å². The second kappa shape index (κ2) is 5.97. The summed E-state index contributed by atoms with van der Waals surface area (Å²) in [4.78, 5) is 18.3. The van der Waals surface area contributed by atoms with Crippen LogP contribution >= 0.6 is 11.6 Å². The van der Waals surface area contributed by atoms with Crippen LogP contribution in [-0.4, -0.2) is 36.3 Å². The Hall–Kier alpha value is -1.40. The van der Waals surface area contributed by atoms with Crippen LogP contribution in [0.25, 0.3) is 0 Å². The summed E-state index contributed by atoms with van der Waals surface area (Å²) < 4.78 is 0. The number of aromatic nitrogens is 2. The molecule has 0 atom stereocenters. The SMILES string of the molecule is CONC(=O)C1CCN(c2ccc(Cl)nn2)CC1. The summed E-state index contributed by atoms with van der Waals surface area (Å²) in [7, 11) is 1.44. The summed E-state index contributed by atoms with van der Waals surface area (Å²) in [5.41, 5.74) is 2.37. The average Bonchev–Trinajstić information content (AvgIpc) is 2.40. The first-order chi connectivity index (χ1) is 8.70. The maximum Gasteiger partial charge on any atom is 0.246 e. The van der Waals surface area contributed by atoms with Gasteiger partial charge in [-0.15, -0.1) is 10.2 Å². The lowest BCUT2D eigenvalue weighted by Gasteiger charge is -2.31. The zero-order valence-electron chi connectivity index (χ0n) is 10.1. The van der Waals surface area contributed by atoms with E-state index < -0.39 is 0 Å². The molecule has 0 unspecified atom stereocenters. The fourth-order valence-corrected chi connectivity index (χ4v) is 2.13. The van der Waals surface area contributed by atoms with Crippen molar-refractivity contribution in [1.29, 1.82) is 0 Å². The number of halogens is 1. The Kier molecular flexibility index (Phi) is 4.33. The van der Waals surface area contributed by atoms with Gasteiger partial charge in [0.05, 0.1) is 7.11 Å². The number of nitrogens with one attached hydrogen (secondary N) is 1. The molecule has 0 radical (unpaired) electrons. The first-order valence-corrected chi connectivity index (χ1v) is 6.15. The molecule has 0 spiro atoms. The van der Waals surface area contributed by atoms with Crippen LogP contribution in [-0.2, 0) is 9.63 Å². The van der Waals surface area contributed by atoms with E-state index in [9.17, 15) is 4.79 Å². The van der Waals surface area contributed by atoms with Gasteiger partial charge in [0, 0.05) is 19.0 Å². The molecule has 0 aromatic carbocycles. The van der Waals surface area contributed by atoms with Crippen molar-refractivity contribution in [2.45, 2.75) is 12.8 Å². The largest absolute Gasteiger partial charge is 0.355 e. The van der Waals surface area contributed by atoms with Gasteiger partial charge in [0.2, 0.25) is 5.91 Å². The lowest BCUT2D eigenvalue weighted by Crippen LogP contribution is -2.40. The van der Waals surface area contributed by atoms with Crippen molar-refractivity contribution in [2.75, 3.05) is 25.1 Å². The molecule has 1 aromatic rings. The number of carbonyl (C=O) groups is 1. The van der Waals surface area contributed by atoms with Gasteiger partial charge in [-0.25, -0.2) is 5.48 Å². The van der Waals surface area contributed by atoms with Crippen molar-refractivity contribution in [1.82, 2.24) is 15.7 Å². The Balaban J connectivity index is 1.90. The Morgan fingerprint density at radius 2 is 2.17 bits per heavy atom. The fourth-order valence-electron chi connectivity index (χ4n) is 2.03. The van der Waals surface area contributed by atoms with Crippen LogP contribution in [0, 0.1) is 5.92 Å². The molecule has 2 rings (SSSR count). The summed E-state index contributed by atoms with van der Waals surface area (Å²) in [5, 5.41) is 8.22. The number of hydrogen-bond donors (Lipinski definition) is 1. The molecule has 0 bridgehead atoms. The van der Waals surface area contributed by atoms with Crippen LogP contribution in [0.5, 0.6) is 0 Å². The highest BCUT2D eigenvalue weighted by atomic mass is 35.5. The summed E-state index contributed by atoms with van der Waals surface area (Å²) in [6.07, 6.45) is 1.55. The zero-order chi connectivity index (χ0) is 13.0. The van der Waals surface area contributed by atoms with Gasteiger partial charge in [0.1, 0.15) is 0 Å². The molecule has 0 saturated carbocycles. The fraction of sp³-hybridized carbons (Fsp3) is 0.545. The maximum absolute atomic E-state index is 11.6. The lowest BCUT2D eigenvalue weighted by molar-refractivity contribution is -0.136. The van der Waals surface area contributed by atoms with Crippen molar-refractivity contribution in [3.05, 3.63) is 17.3 Å². The topological polar surface area (TPSA) is 67.3 Å². The molecule has 1 N–H and O–H groups in total. The van der Waals surface area contributed by atoms with Crippen LogP contribution in [0.2, 0.25) is 5.15 Å². The maximum atomic E-state index is 11.6. The monoisotopic (exact) mass is 270 g/mol. The van der Waals surface area contributed by atoms with Crippen molar-refractivity contribution < 1.29 is 9.63 Å². The highest BCUT2D eigenvalue weighted by Gasteiger charge is 2.25. The third-order valence-electron chi connectivity index (χ3n) is 3.01. The predicted octanol–water partition coefficient (Wildman–Crippen LogP) is 1.02. The molecule has 18 heavy (non-hydrogen) atoms. The van der Waals surface area contributed by atoms with Crippen LogP contribution in [0.4, 0.5) is 5.82 Å². The van der Waals surface area contributed by atoms with E-state index in [1.165, 1.54) is 7.11 Å². The molecule has 7 heteroatoms. The minimum absolute atomic E-state index is 0.00135. The van der Waals surface area contributed by atoms with E-state index in [4.69, 9.17) is 11.6 Å². The predicted molar refractivity (Wildman–Crippen MR) is 67.1 cm³/mol. The van der Waals surface area contributed by atoms with Gasteiger partial charge >= 0.3 is 0 Å². The van der Waals surface area contributed by atoms with Gasteiger partial charge in [-0.3, -0.25) is 9.63 Å². The highest BCUT2D eigenvalue weighted by molar-refractivity contribution is 6.29. The summed E-state index contributed by atoms with van der Waals surface area (Å²) in [5.74, 6) is 0.741. The number of carbonyl (C=O) groups excluding carboxylic acids is 1. The molecule has 2 heterocycles. The second-order valence-corrected chi connectivity index (χ2v) is 4.53. The molecule has 1 saturated heterocycles. The summed E-state index contributed by atoms with van der Waals surface area (Å²) in [6, 6.07) is 3.55. The molecule has 1 aliphatic rings. The van der Waals surface area contributed by atoms with Gasteiger partial charge in [0.15, 0.2) is 11.0 Å². The van der Waals surface area contributed by atoms with Crippen molar-refractivity contribution >= 4 is 23.3 Å². The Morgan fingerprint density at radius 1 is 1.44 bits per heavy atom. The third kappa shape index (κ3) is 3.08. The normalized spacial score (nSPS) is 16.7. The van der Waals surface area contributed by atoms with E-state index in [0.29, 0.717) is 5.15 Å². The van der Waals surface area contributed by atoms with Gasteiger partial charge < -0.3 is 4.90 Å². The molecule has 1 amide bonds. The second-order valence-electron chi connectivity index (χ2n) is 4.15. The molecule has 1 fully saturated rings. The van der Waals surface area contributed by atoms with E-state index in [0.717, 1.165) is 31.7 Å². The van der Waals surface area contributed by atoms with Crippen molar-refractivity contribution in [3.63, 3.8) is 0 Å². The van der Waals surface area contributed by atoms with Crippen LogP contribution in [0.15, 0.2) is 12.1 Å². The third-order valence-corrected chi connectivity index (χ3v) is 3.21. The minimum Gasteiger partial charge on any atom is -0.355 e. The first-order valence-electron chi connectivity index (χ1n) is 5.77.